The largest absolute Gasteiger partial charge is 0.507 e. The molecule has 1 aromatic carbocycles. The Morgan fingerprint density at radius 1 is 1.57 bits per heavy atom. The number of aromatic hydroxyl groups is 1. The predicted molar refractivity (Wildman–Crippen MR) is 56.5 cm³/mol. The highest BCUT2D eigenvalue weighted by Crippen LogP contribution is 2.33. The van der Waals surface area contributed by atoms with Crippen molar-refractivity contribution in [2.45, 2.75) is 13.0 Å². The van der Waals surface area contributed by atoms with Crippen molar-refractivity contribution in [2.24, 2.45) is 5.73 Å². The second-order valence-electron chi connectivity index (χ2n) is 3.16. The summed E-state index contributed by atoms with van der Waals surface area (Å²) >= 11 is 0. The van der Waals surface area contributed by atoms with Gasteiger partial charge in [0.05, 0.1) is 18.7 Å². The van der Waals surface area contributed by atoms with Gasteiger partial charge in [-0.2, -0.15) is 0 Å². The van der Waals surface area contributed by atoms with E-state index < -0.39 is 6.04 Å². The van der Waals surface area contributed by atoms with E-state index in [2.05, 4.69) is 6.58 Å². The Labute approximate surface area is 83.8 Å². The molecule has 0 radical (unpaired) electrons. The molecule has 0 amide bonds. The van der Waals surface area contributed by atoms with Crippen molar-refractivity contribution in [1.29, 1.82) is 0 Å². The molecule has 0 saturated carbocycles. The molecule has 1 aromatic rings. The first-order valence-electron chi connectivity index (χ1n) is 4.35. The Morgan fingerprint density at radius 3 is 2.71 bits per heavy atom. The van der Waals surface area contributed by atoms with Gasteiger partial charge in [-0.1, -0.05) is 6.08 Å². The highest BCUT2D eigenvalue weighted by molar-refractivity contribution is 5.49. The minimum Gasteiger partial charge on any atom is -0.507 e. The van der Waals surface area contributed by atoms with Gasteiger partial charge in [-0.3, -0.25) is 0 Å². The van der Waals surface area contributed by atoms with Crippen LogP contribution in [0.25, 0.3) is 0 Å². The summed E-state index contributed by atoms with van der Waals surface area (Å²) in [5, 5.41) is 9.70. The molecule has 3 heteroatoms. The van der Waals surface area contributed by atoms with E-state index in [1.54, 1.807) is 19.3 Å². The van der Waals surface area contributed by atoms with E-state index in [1.165, 1.54) is 0 Å². The van der Waals surface area contributed by atoms with Gasteiger partial charge in [-0.05, 0) is 24.6 Å². The van der Waals surface area contributed by atoms with Gasteiger partial charge < -0.3 is 15.6 Å². The van der Waals surface area contributed by atoms with Crippen LogP contribution in [0.1, 0.15) is 17.2 Å². The summed E-state index contributed by atoms with van der Waals surface area (Å²) in [5.41, 5.74) is 7.27. The molecular weight excluding hydrogens is 178 g/mol. The Balaban J connectivity index is 3.31. The summed E-state index contributed by atoms with van der Waals surface area (Å²) in [6.07, 6.45) is 1.56. The third-order valence-electron chi connectivity index (χ3n) is 2.07. The van der Waals surface area contributed by atoms with Crippen LogP contribution in [0.3, 0.4) is 0 Å². The number of rotatable bonds is 3. The monoisotopic (exact) mass is 193 g/mol. The molecule has 0 fully saturated rings. The SMILES string of the molecule is C=CC(N)c1c(O)cc(C)cc1OC. The smallest absolute Gasteiger partial charge is 0.127 e. The maximum absolute atomic E-state index is 9.70. The Kier molecular flexibility index (Phi) is 3.14. The molecule has 0 aromatic heterocycles. The molecule has 3 N–H and O–H groups in total. The molecule has 0 aliphatic rings. The van der Waals surface area contributed by atoms with Crippen LogP contribution in [0.15, 0.2) is 24.8 Å². The maximum atomic E-state index is 9.70. The average Bonchev–Trinajstić information content (AvgIpc) is 2.15. The number of hydrogen-bond donors (Lipinski definition) is 2. The summed E-state index contributed by atoms with van der Waals surface area (Å²) in [5.74, 6) is 0.740. The van der Waals surface area contributed by atoms with E-state index in [1.807, 2.05) is 13.0 Å². The Bertz CT molecular complexity index is 347. The summed E-state index contributed by atoms with van der Waals surface area (Å²) in [6.45, 7) is 5.46. The number of hydrogen-bond acceptors (Lipinski definition) is 3. The highest BCUT2D eigenvalue weighted by atomic mass is 16.5. The summed E-state index contributed by atoms with van der Waals surface area (Å²) in [6, 6.07) is 3.07. The van der Waals surface area contributed by atoms with Crippen LogP contribution in [-0.4, -0.2) is 12.2 Å². The molecule has 0 heterocycles. The van der Waals surface area contributed by atoms with E-state index in [9.17, 15) is 5.11 Å². The van der Waals surface area contributed by atoms with E-state index in [0.29, 0.717) is 11.3 Å². The van der Waals surface area contributed by atoms with Gasteiger partial charge in [0.25, 0.3) is 0 Å². The fraction of sp³-hybridized carbons (Fsp3) is 0.273. The van der Waals surface area contributed by atoms with Crippen molar-refractivity contribution in [3.8, 4) is 11.5 Å². The Hall–Kier alpha value is -1.48. The van der Waals surface area contributed by atoms with E-state index in [4.69, 9.17) is 10.5 Å². The number of methoxy groups -OCH3 is 1. The fourth-order valence-electron chi connectivity index (χ4n) is 1.37. The topological polar surface area (TPSA) is 55.5 Å². The van der Waals surface area contributed by atoms with Crippen molar-refractivity contribution >= 4 is 0 Å². The summed E-state index contributed by atoms with van der Waals surface area (Å²) < 4.78 is 5.14. The van der Waals surface area contributed by atoms with Crippen LogP contribution in [0, 0.1) is 6.92 Å². The number of nitrogens with two attached hydrogens (primary N) is 1. The Morgan fingerprint density at radius 2 is 2.21 bits per heavy atom. The van der Waals surface area contributed by atoms with Gasteiger partial charge in [0.1, 0.15) is 11.5 Å². The molecule has 1 unspecified atom stereocenters. The average molecular weight is 193 g/mol. The molecule has 0 aliphatic carbocycles. The molecule has 1 rings (SSSR count). The second kappa shape index (κ2) is 4.15. The highest BCUT2D eigenvalue weighted by Gasteiger charge is 2.14. The lowest BCUT2D eigenvalue weighted by atomic mass is 10.0. The van der Waals surface area contributed by atoms with Crippen LogP contribution in [-0.2, 0) is 0 Å². The number of phenols is 1. The zero-order chi connectivity index (χ0) is 10.7. The van der Waals surface area contributed by atoms with Crippen molar-refractivity contribution < 1.29 is 9.84 Å². The van der Waals surface area contributed by atoms with Crippen molar-refractivity contribution in [2.75, 3.05) is 7.11 Å². The van der Waals surface area contributed by atoms with Crippen LogP contribution < -0.4 is 10.5 Å². The number of ether oxygens (including phenoxy) is 1. The zero-order valence-corrected chi connectivity index (χ0v) is 8.45. The molecule has 0 saturated heterocycles. The molecule has 0 spiro atoms. The number of phenolic OH excluding ortho intramolecular Hbond substituents is 1. The van der Waals surface area contributed by atoms with Gasteiger partial charge >= 0.3 is 0 Å². The molecule has 0 bridgehead atoms. The minimum absolute atomic E-state index is 0.147. The summed E-state index contributed by atoms with van der Waals surface area (Å²) in [7, 11) is 1.55. The molecular formula is C11H15NO2. The van der Waals surface area contributed by atoms with Crippen LogP contribution in [0.5, 0.6) is 11.5 Å². The first kappa shape index (κ1) is 10.6. The van der Waals surface area contributed by atoms with E-state index in [0.717, 1.165) is 5.56 Å². The maximum Gasteiger partial charge on any atom is 0.127 e. The van der Waals surface area contributed by atoms with E-state index in [-0.39, 0.29) is 5.75 Å². The van der Waals surface area contributed by atoms with Crippen LogP contribution in [0.2, 0.25) is 0 Å². The van der Waals surface area contributed by atoms with Gasteiger partial charge in [-0.15, -0.1) is 6.58 Å². The minimum atomic E-state index is -0.412. The first-order chi connectivity index (χ1) is 6.60. The van der Waals surface area contributed by atoms with Crippen molar-refractivity contribution in [3.63, 3.8) is 0 Å². The normalized spacial score (nSPS) is 12.2. The lowest BCUT2D eigenvalue weighted by molar-refractivity contribution is 0.397. The van der Waals surface area contributed by atoms with Crippen molar-refractivity contribution in [1.82, 2.24) is 0 Å². The molecule has 3 nitrogen and oxygen atoms in total. The second-order valence-corrected chi connectivity index (χ2v) is 3.16. The standard InChI is InChI=1S/C11H15NO2/c1-4-8(12)11-9(13)5-7(2)6-10(11)14-3/h4-6,8,13H,1,12H2,2-3H3. The van der Waals surface area contributed by atoms with Crippen molar-refractivity contribution in [3.05, 3.63) is 35.9 Å². The number of benzene rings is 1. The third kappa shape index (κ3) is 1.88. The molecule has 76 valence electrons. The third-order valence-corrected chi connectivity index (χ3v) is 2.07. The lowest BCUT2D eigenvalue weighted by Gasteiger charge is -2.14. The summed E-state index contributed by atoms with van der Waals surface area (Å²) in [4.78, 5) is 0. The van der Waals surface area contributed by atoms with Gasteiger partial charge in [0.2, 0.25) is 0 Å². The van der Waals surface area contributed by atoms with Gasteiger partial charge in [0.15, 0.2) is 0 Å². The predicted octanol–water partition coefficient (Wildman–Crippen LogP) is 1.90. The van der Waals surface area contributed by atoms with Crippen LogP contribution >= 0.6 is 0 Å². The molecule has 1 atom stereocenters. The zero-order valence-electron chi connectivity index (χ0n) is 8.45. The molecule has 0 aliphatic heterocycles. The van der Waals surface area contributed by atoms with E-state index >= 15 is 0 Å². The number of aryl methyl sites for hydroxylation is 1. The molecule has 14 heavy (non-hydrogen) atoms. The van der Waals surface area contributed by atoms with Gasteiger partial charge in [-0.25, -0.2) is 0 Å². The lowest BCUT2D eigenvalue weighted by Crippen LogP contribution is -2.08. The van der Waals surface area contributed by atoms with Crippen LogP contribution in [0.4, 0.5) is 0 Å². The quantitative estimate of drug-likeness (QED) is 0.721. The fourth-order valence-corrected chi connectivity index (χ4v) is 1.37. The first-order valence-corrected chi connectivity index (χ1v) is 4.35. The van der Waals surface area contributed by atoms with Gasteiger partial charge in [0, 0.05) is 0 Å².